The van der Waals surface area contributed by atoms with Gasteiger partial charge < -0.3 is 5.32 Å². The van der Waals surface area contributed by atoms with E-state index < -0.39 is 15.6 Å². The summed E-state index contributed by atoms with van der Waals surface area (Å²) >= 11 is 0. The summed E-state index contributed by atoms with van der Waals surface area (Å²) < 4.78 is 26.8. The fourth-order valence-electron chi connectivity index (χ4n) is 1.49. The van der Waals surface area contributed by atoms with Gasteiger partial charge in [0.1, 0.15) is 0 Å². The average molecular weight is 256 g/mol. The summed E-state index contributed by atoms with van der Waals surface area (Å²) in [5.74, 6) is 0. The maximum Gasteiger partial charge on any atom is 0.241 e. The first-order valence-electron chi connectivity index (χ1n) is 5.52. The van der Waals surface area contributed by atoms with Crippen molar-refractivity contribution in [2.45, 2.75) is 37.8 Å². The maximum atomic E-state index is 12.1. The van der Waals surface area contributed by atoms with Crippen molar-refractivity contribution in [1.82, 2.24) is 10.0 Å². The first kappa shape index (κ1) is 14.2. The molecule has 0 saturated carbocycles. The van der Waals surface area contributed by atoms with E-state index in [4.69, 9.17) is 0 Å². The van der Waals surface area contributed by atoms with Crippen LogP contribution in [0.15, 0.2) is 29.2 Å². The Morgan fingerprint density at radius 2 is 1.88 bits per heavy atom. The molecule has 1 rings (SSSR count). The van der Waals surface area contributed by atoms with Gasteiger partial charge in [0, 0.05) is 12.1 Å². The quantitative estimate of drug-likeness (QED) is 0.858. The predicted molar refractivity (Wildman–Crippen MR) is 69.3 cm³/mol. The molecule has 0 bridgehead atoms. The summed E-state index contributed by atoms with van der Waals surface area (Å²) in [4.78, 5) is 0.306. The molecule has 0 aliphatic rings. The van der Waals surface area contributed by atoms with E-state index in [1.54, 1.807) is 18.2 Å². The first-order valence-corrected chi connectivity index (χ1v) is 7.00. The standard InChI is InChI=1S/C12H20N2O2S/c1-12(2,3)14-17(15,16)11-7-5-6-10(8-11)9-13-4/h5-8,13-14H,9H2,1-4H3. The van der Waals surface area contributed by atoms with Crippen LogP contribution in [0.5, 0.6) is 0 Å². The van der Waals surface area contributed by atoms with Crippen LogP contribution < -0.4 is 10.0 Å². The SMILES string of the molecule is CNCc1cccc(S(=O)(=O)NC(C)(C)C)c1. The van der Waals surface area contributed by atoms with Crippen LogP contribution in [0.1, 0.15) is 26.3 Å². The van der Waals surface area contributed by atoms with E-state index in [9.17, 15) is 8.42 Å². The molecule has 1 aromatic rings. The normalized spacial score (nSPS) is 12.7. The van der Waals surface area contributed by atoms with Crippen molar-refractivity contribution in [2.24, 2.45) is 0 Å². The molecule has 2 N–H and O–H groups in total. The number of hydrogen-bond acceptors (Lipinski definition) is 3. The summed E-state index contributed by atoms with van der Waals surface area (Å²) in [6, 6.07) is 6.94. The van der Waals surface area contributed by atoms with Gasteiger partial charge >= 0.3 is 0 Å². The van der Waals surface area contributed by atoms with Crippen LogP contribution >= 0.6 is 0 Å². The van der Waals surface area contributed by atoms with Crippen LogP contribution in [0.2, 0.25) is 0 Å². The van der Waals surface area contributed by atoms with Gasteiger partial charge in [-0.1, -0.05) is 12.1 Å². The number of sulfonamides is 1. The second-order valence-corrected chi connectivity index (χ2v) is 6.72. The van der Waals surface area contributed by atoms with E-state index >= 15 is 0 Å². The van der Waals surface area contributed by atoms with E-state index in [1.807, 2.05) is 33.9 Å². The lowest BCUT2D eigenvalue weighted by atomic mass is 10.1. The fraction of sp³-hybridized carbons (Fsp3) is 0.500. The van der Waals surface area contributed by atoms with Crippen molar-refractivity contribution >= 4 is 10.0 Å². The topological polar surface area (TPSA) is 58.2 Å². The summed E-state index contributed by atoms with van der Waals surface area (Å²) in [6.45, 7) is 6.12. The van der Waals surface area contributed by atoms with E-state index in [-0.39, 0.29) is 0 Å². The van der Waals surface area contributed by atoms with Crippen molar-refractivity contribution in [3.8, 4) is 0 Å². The Kier molecular flexibility index (Phi) is 4.30. The minimum Gasteiger partial charge on any atom is -0.316 e. The van der Waals surface area contributed by atoms with Gasteiger partial charge in [-0.15, -0.1) is 0 Å². The molecule has 0 saturated heterocycles. The predicted octanol–water partition coefficient (Wildman–Crippen LogP) is 1.48. The molecule has 0 aromatic heterocycles. The highest BCUT2D eigenvalue weighted by molar-refractivity contribution is 7.89. The second-order valence-electron chi connectivity index (χ2n) is 5.03. The first-order chi connectivity index (χ1) is 7.74. The van der Waals surface area contributed by atoms with E-state index in [0.29, 0.717) is 11.4 Å². The number of benzene rings is 1. The molecule has 0 atom stereocenters. The lowest BCUT2D eigenvalue weighted by Crippen LogP contribution is -2.40. The summed E-state index contributed by atoms with van der Waals surface area (Å²) in [6.07, 6.45) is 0. The molecule has 5 heteroatoms. The molecule has 0 amide bonds. The zero-order valence-corrected chi connectivity index (χ0v) is 11.6. The minimum atomic E-state index is -3.44. The molecule has 0 aliphatic heterocycles. The Morgan fingerprint density at radius 3 is 2.41 bits per heavy atom. The smallest absolute Gasteiger partial charge is 0.241 e. The second kappa shape index (κ2) is 5.16. The van der Waals surface area contributed by atoms with Crippen molar-refractivity contribution < 1.29 is 8.42 Å². The van der Waals surface area contributed by atoms with E-state index in [1.165, 1.54) is 0 Å². The highest BCUT2D eigenvalue weighted by atomic mass is 32.2. The highest BCUT2D eigenvalue weighted by Gasteiger charge is 2.21. The molecular weight excluding hydrogens is 236 g/mol. The number of nitrogens with one attached hydrogen (secondary N) is 2. The molecule has 0 radical (unpaired) electrons. The summed E-state index contributed by atoms with van der Waals surface area (Å²) in [5.41, 5.74) is 0.474. The van der Waals surface area contributed by atoms with E-state index in [0.717, 1.165) is 5.56 Å². The van der Waals surface area contributed by atoms with Crippen LogP contribution in [0.4, 0.5) is 0 Å². The minimum absolute atomic E-state index is 0.306. The van der Waals surface area contributed by atoms with Crippen molar-refractivity contribution in [2.75, 3.05) is 7.05 Å². The van der Waals surface area contributed by atoms with Gasteiger partial charge in [0.15, 0.2) is 0 Å². The molecule has 0 fully saturated rings. The number of hydrogen-bond donors (Lipinski definition) is 2. The molecule has 0 heterocycles. The summed E-state index contributed by atoms with van der Waals surface area (Å²) in [7, 11) is -1.61. The van der Waals surface area contributed by atoms with Crippen LogP contribution in [0.25, 0.3) is 0 Å². The van der Waals surface area contributed by atoms with Gasteiger partial charge in [0.2, 0.25) is 10.0 Å². The maximum absolute atomic E-state index is 12.1. The molecule has 4 nitrogen and oxygen atoms in total. The van der Waals surface area contributed by atoms with Gasteiger partial charge in [0.05, 0.1) is 4.90 Å². The van der Waals surface area contributed by atoms with Crippen LogP contribution in [-0.2, 0) is 16.6 Å². The Hall–Kier alpha value is -0.910. The van der Waals surface area contributed by atoms with Crippen LogP contribution in [0, 0.1) is 0 Å². The van der Waals surface area contributed by atoms with Crippen molar-refractivity contribution in [3.63, 3.8) is 0 Å². The third-order valence-corrected chi connectivity index (χ3v) is 3.79. The zero-order valence-electron chi connectivity index (χ0n) is 10.7. The fourth-order valence-corrected chi connectivity index (χ4v) is 2.98. The molecule has 0 unspecified atom stereocenters. The Balaban J connectivity index is 3.03. The third-order valence-electron chi connectivity index (χ3n) is 2.03. The zero-order chi connectivity index (χ0) is 13.1. The molecule has 1 aromatic carbocycles. The Labute approximate surface area is 103 Å². The van der Waals surface area contributed by atoms with Gasteiger partial charge in [-0.05, 0) is 45.5 Å². The lowest BCUT2D eigenvalue weighted by Gasteiger charge is -2.20. The molecular formula is C12H20N2O2S. The van der Waals surface area contributed by atoms with Crippen molar-refractivity contribution in [1.29, 1.82) is 0 Å². The molecule has 0 aliphatic carbocycles. The van der Waals surface area contributed by atoms with Crippen molar-refractivity contribution in [3.05, 3.63) is 29.8 Å². The summed E-state index contributed by atoms with van der Waals surface area (Å²) in [5, 5.41) is 3.00. The van der Waals surface area contributed by atoms with Crippen LogP contribution in [-0.4, -0.2) is 21.0 Å². The average Bonchev–Trinajstić information content (AvgIpc) is 2.15. The van der Waals surface area contributed by atoms with Gasteiger partial charge in [-0.3, -0.25) is 0 Å². The van der Waals surface area contributed by atoms with Gasteiger partial charge in [0.25, 0.3) is 0 Å². The molecule has 17 heavy (non-hydrogen) atoms. The van der Waals surface area contributed by atoms with Gasteiger partial charge in [-0.2, -0.15) is 0 Å². The van der Waals surface area contributed by atoms with Gasteiger partial charge in [-0.25, -0.2) is 13.1 Å². The molecule has 96 valence electrons. The monoisotopic (exact) mass is 256 g/mol. The Bertz CT molecular complexity index is 476. The molecule has 0 spiro atoms. The third kappa shape index (κ3) is 4.46. The largest absolute Gasteiger partial charge is 0.316 e. The number of rotatable bonds is 4. The lowest BCUT2D eigenvalue weighted by molar-refractivity contribution is 0.491. The van der Waals surface area contributed by atoms with E-state index in [2.05, 4.69) is 10.0 Å². The Morgan fingerprint density at radius 1 is 1.24 bits per heavy atom. The van der Waals surface area contributed by atoms with Crippen LogP contribution in [0.3, 0.4) is 0 Å². The highest BCUT2D eigenvalue weighted by Crippen LogP contribution is 2.14.